The zero-order valence-electron chi connectivity index (χ0n) is 19.6. The first-order chi connectivity index (χ1) is 17.7. The number of rotatable bonds is 9. The van der Waals surface area contributed by atoms with Gasteiger partial charge < -0.3 is 14.8 Å². The van der Waals surface area contributed by atoms with Crippen LogP contribution in [0.5, 0.6) is 11.5 Å². The van der Waals surface area contributed by atoms with E-state index >= 15 is 0 Å². The largest absolute Gasteiger partial charge is 0.490 e. The van der Waals surface area contributed by atoms with E-state index in [1.165, 1.54) is 18.2 Å². The molecule has 1 saturated heterocycles. The van der Waals surface area contributed by atoms with Gasteiger partial charge in [-0.3, -0.25) is 19.8 Å². The van der Waals surface area contributed by atoms with Crippen LogP contribution in [0.3, 0.4) is 0 Å². The summed E-state index contributed by atoms with van der Waals surface area (Å²) in [6, 6.07) is 16.1. The van der Waals surface area contributed by atoms with E-state index in [1.807, 2.05) is 24.3 Å². The second-order valence-electron chi connectivity index (χ2n) is 7.98. The van der Waals surface area contributed by atoms with E-state index in [0.717, 1.165) is 14.9 Å². The lowest BCUT2D eigenvalue weighted by atomic mass is 10.1. The topological polar surface area (TPSA) is 111 Å². The molecular weight excluding hydrogens is 566 g/mol. The van der Waals surface area contributed by atoms with Crippen molar-refractivity contribution in [1.82, 2.24) is 10.2 Å². The first-order valence-corrected chi connectivity index (χ1v) is 12.3. The third-order valence-electron chi connectivity index (χ3n) is 5.39. The van der Waals surface area contributed by atoms with Gasteiger partial charge in [-0.2, -0.15) is 0 Å². The number of benzene rings is 3. The summed E-state index contributed by atoms with van der Waals surface area (Å²) in [4.78, 5) is 36.9. The van der Waals surface area contributed by atoms with Crippen molar-refractivity contribution in [3.05, 3.63) is 103 Å². The minimum atomic E-state index is -0.515. The molecule has 9 nitrogen and oxygen atoms in total. The predicted molar refractivity (Wildman–Crippen MR) is 141 cm³/mol. The van der Waals surface area contributed by atoms with Crippen LogP contribution in [0, 0.1) is 10.1 Å². The lowest BCUT2D eigenvalue weighted by molar-refractivity contribution is -0.384. The van der Waals surface area contributed by atoms with Crippen LogP contribution < -0.4 is 14.8 Å². The Morgan fingerprint density at radius 2 is 1.73 bits per heavy atom. The zero-order valence-corrected chi connectivity index (χ0v) is 21.9. The fraction of sp³-hybridized carbons (Fsp3) is 0.154. The molecule has 3 amide bonds. The molecule has 190 valence electrons. The van der Waals surface area contributed by atoms with Gasteiger partial charge in [-0.15, -0.1) is 0 Å². The Labute approximate surface area is 225 Å². The number of nitro benzene ring substituents is 1. The van der Waals surface area contributed by atoms with Crippen molar-refractivity contribution in [3.63, 3.8) is 0 Å². The van der Waals surface area contributed by atoms with Gasteiger partial charge in [0.25, 0.3) is 11.6 Å². The number of nitro groups is 1. The van der Waals surface area contributed by atoms with E-state index in [0.29, 0.717) is 29.2 Å². The Morgan fingerprint density at radius 3 is 2.38 bits per heavy atom. The Hall–Kier alpha value is -3.89. The predicted octanol–water partition coefficient (Wildman–Crippen LogP) is 6.08. The number of carbonyl (C=O) groups is 2. The molecule has 1 aliphatic rings. The Morgan fingerprint density at radius 1 is 1.05 bits per heavy atom. The first kappa shape index (κ1) is 26.2. The molecule has 3 aromatic carbocycles. The molecule has 1 fully saturated rings. The third-order valence-corrected chi connectivity index (χ3v) is 6.20. The molecule has 4 rings (SSSR count). The number of halogens is 2. The van der Waals surface area contributed by atoms with Crippen LogP contribution in [-0.2, 0) is 17.9 Å². The normalized spacial score (nSPS) is 14.1. The van der Waals surface area contributed by atoms with Crippen molar-refractivity contribution in [2.75, 3.05) is 6.61 Å². The molecule has 3 aromatic rings. The third kappa shape index (κ3) is 6.28. The summed E-state index contributed by atoms with van der Waals surface area (Å²) in [5.74, 6) is 0.190. The molecule has 0 bridgehead atoms. The fourth-order valence-electron chi connectivity index (χ4n) is 3.60. The number of amides is 3. The Balaban J connectivity index is 1.52. The van der Waals surface area contributed by atoms with Crippen LogP contribution >= 0.6 is 27.5 Å². The van der Waals surface area contributed by atoms with Crippen molar-refractivity contribution in [3.8, 4) is 11.5 Å². The molecule has 0 unspecified atom stereocenters. The van der Waals surface area contributed by atoms with Gasteiger partial charge >= 0.3 is 6.03 Å². The van der Waals surface area contributed by atoms with E-state index in [-0.39, 0.29) is 29.6 Å². The lowest BCUT2D eigenvalue weighted by Gasteiger charge is -2.15. The maximum Gasteiger partial charge on any atom is 0.329 e. The highest BCUT2D eigenvalue weighted by Crippen LogP contribution is 2.38. The number of ether oxygens (including phenoxy) is 2. The molecule has 0 aromatic heterocycles. The highest BCUT2D eigenvalue weighted by molar-refractivity contribution is 9.10. The summed E-state index contributed by atoms with van der Waals surface area (Å²) < 4.78 is 12.5. The van der Waals surface area contributed by atoms with Gasteiger partial charge in [0.15, 0.2) is 11.5 Å². The van der Waals surface area contributed by atoms with E-state index < -0.39 is 16.9 Å². The second kappa shape index (κ2) is 11.4. The molecule has 37 heavy (non-hydrogen) atoms. The average molecular weight is 587 g/mol. The number of hydrogen-bond acceptors (Lipinski definition) is 6. The van der Waals surface area contributed by atoms with Gasteiger partial charge in [0, 0.05) is 16.6 Å². The van der Waals surface area contributed by atoms with Crippen LogP contribution in [0.4, 0.5) is 10.5 Å². The number of nitrogens with zero attached hydrogens (tertiary/aromatic N) is 2. The van der Waals surface area contributed by atoms with E-state index in [4.69, 9.17) is 21.1 Å². The summed E-state index contributed by atoms with van der Waals surface area (Å²) in [6.07, 6.45) is 1.52. The molecule has 0 atom stereocenters. The number of non-ortho nitro benzene ring substituents is 1. The molecule has 1 aliphatic heterocycles. The highest BCUT2D eigenvalue weighted by Gasteiger charge is 2.33. The Bertz CT molecular complexity index is 1380. The number of nitrogens with one attached hydrogen (secondary N) is 1. The van der Waals surface area contributed by atoms with Gasteiger partial charge in [0.1, 0.15) is 12.3 Å². The van der Waals surface area contributed by atoms with Crippen LogP contribution in [0.2, 0.25) is 5.02 Å². The molecule has 1 heterocycles. The SMILES string of the molecule is CCOc1cc(/C=C2/NC(=O)N(Cc3ccc(Br)cc3)C2=O)cc(Cl)c1OCc1ccc([N+](=O)[O-])cc1. The standard InChI is InChI=1S/C26H21BrClN3O6/c1-2-36-23-13-18(11-21(28)24(23)37-15-17-5-9-20(10-6-17)31(34)35)12-22-25(32)30(26(33)29-22)14-16-3-7-19(27)8-4-16/h3-13H,2,14-15H2,1H3,(H,29,33)/b22-12+. The summed E-state index contributed by atoms with van der Waals surface area (Å²) in [7, 11) is 0. The zero-order chi connectivity index (χ0) is 26.5. The van der Waals surface area contributed by atoms with Crippen LogP contribution in [0.15, 0.2) is 70.8 Å². The summed E-state index contributed by atoms with van der Waals surface area (Å²) in [5, 5.41) is 13.7. The van der Waals surface area contributed by atoms with Gasteiger partial charge in [-0.25, -0.2) is 4.79 Å². The van der Waals surface area contributed by atoms with Crippen molar-refractivity contribution in [1.29, 1.82) is 0 Å². The van der Waals surface area contributed by atoms with Gasteiger partial charge in [0.2, 0.25) is 0 Å². The lowest BCUT2D eigenvalue weighted by Crippen LogP contribution is -2.30. The molecule has 0 radical (unpaired) electrons. The van der Waals surface area contributed by atoms with Crippen molar-refractivity contribution in [2.45, 2.75) is 20.1 Å². The number of carbonyl (C=O) groups excluding carboxylic acids is 2. The highest BCUT2D eigenvalue weighted by atomic mass is 79.9. The quantitative estimate of drug-likeness (QED) is 0.141. The van der Waals surface area contributed by atoms with E-state index in [1.54, 1.807) is 31.2 Å². The van der Waals surface area contributed by atoms with E-state index in [9.17, 15) is 19.7 Å². The average Bonchev–Trinajstić information content (AvgIpc) is 3.12. The van der Waals surface area contributed by atoms with Gasteiger partial charge in [-0.1, -0.05) is 39.7 Å². The van der Waals surface area contributed by atoms with Crippen LogP contribution in [0.25, 0.3) is 6.08 Å². The fourth-order valence-corrected chi connectivity index (χ4v) is 4.14. The summed E-state index contributed by atoms with van der Waals surface area (Å²) in [5.41, 5.74) is 2.15. The Kier molecular flexibility index (Phi) is 8.10. The minimum Gasteiger partial charge on any atom is -0.490 e. The van der Waals surface area contributed by atoms with Crippen molar-refractivity contribution in [2.24, 2.45) is 0 Å². The molecular formula is C26H21BrClN3O6. The summed E-state index contributed by atoms with van der Waals surface area (Å²) in [6.45, 7) is 2.38. The maximum absolute atomic E-state index is 12.9. The van der Waals surface area contributed by atoms with Crippen LogP contribution in [0.1, 0.15) is 23.6 Å². The molecule has 1 N–H and O–H groups in total. The maximum atomic E-state index is 12.9. The number of urea groups is 1. The second-order valence-corrected chi connectivity index (χ2v) is 9.30. The molecule has 0 aliphatic carbocycles. The van der Waals surface area contributed by atoms with Crippen LogP contribution in [-0.4, -0.2) is 28.4 Å². The van der Waals surface area contributed by atoms with Gasteiger partial charge in [-0.05, 0) is 66.1 Å². The molecule has 11 heteroatoms. The van der Waals surface area contributed by atoms with Crippen molar-refractivity contribution >= 4 is 51.2 Å². The van der Waals surface area contributed by atoms with E-state index in [2.05, 4.69) is 21.2 Å². The molecule has 0 spiro atoms. The monoisotopic (exact) mass is 585 g/mol. The minimum absolute atomic E-state index is 0.0156. The number of hydrogen-bond donors (Lipinski definition) is 1. The summed E-state index contributed by atoms with van der Waals surface area (Å²) >= 11 is 9.86. The first-order valence-electron chi connectivity index (χ1n) is 11.2. The van der Waals surface area contributed by atoms with Crippen molar-refractivity contribution < 1.29 is 24.0 Å². The molecule has 0 saturated carbocycles. The smallest absolute Gasteiger partial charge is 0.329 e. The van der Waals surface area contributed by atoms with Gasteiger partial charge in [0.05, 0.1) is 23.1 Å². The number of imide groups is 1.